The van der Waals surface area contributed by atoms with Crippen LogP contribution in [-0.2, 0) is 4.74 Å². The average molecular weight is 292 g/mol. The van der Waals surface area contributed by atoms with E-state index < -0.39 is 0 Å². The van der Waals surface area contributed by atoms with Crippen molar-refractivity contribution < 1.29 is 4.74 Å². The van der Waals surface area contributed by atoms with Crippen LogP contribution in [-0.4, -0.2) is 19.8 Å². The number of nitrogens with one attached hydrogen (secondary N) is 1. The molecular weight excluding hydrogens is 274 g/mol. The Labute approximate surface area is 104 Å². The van der Waals surface area contributed by atoms with Gasteiger partial charge in [-0.2, -0.15) is 0 Å². The highest BCUT2D eigenvalue weighted by Gasteiger charge is 2.14. The normalized spacial score (nSPS) is 13.0. The molecule has 1 N–H and O–H groups in total. The zero-order chi connectivity index (χ0) is 11.1. The third-order valence-electron chi connectivity index (χ3n) is 2.09. The average Bonchev–Trinajstić information content (AvgIpc) is 2.65. The smallest absolute Gasteiger partial charge is 0.0669 e. The van der Waals surface area contributed by atoms with Gasteiger partial charge < -0.3 is 10.1 Å². The van der Waals surface area contributed by atoms with Crippen molar-refractivity contribution >= 4 is 27.3 Å². The number of thiophene rings is 1. The van der Waals surface area contributed by atoms with Gasteiger partial charge >= 0.3 is 0 Å². The summed E-state index contributed by atoms with van der Waals surface area (Å²) in [6.07, 6.45) is 1.14. The number of hydrogen-bond donors (Lipinski definition) is 1. The third kappa shape index (κ3) is 4.23. The molecule has 0 aliphatic heterocycles. The van der Waals surface area contributed by atoms with Crippen molar-refractivity contribution in [2.24, 2.45) is 0 Å². The SMILES string of the molecule is CCCNC(COCC)c1sccc1Br. The van der Waals surface area contributed by atoms with Gasteiger partial charge in [0.25, 0.3) is 0 Å². The molecular formula is C11H18BrNOS. The summed E-state index contributed by atoms with van der Waals surface area (Å²) in [5, 5.41) is 5.61. The molecule has 1 unspecified atom stereocenters. The van der Waals surface area contributed by atoms with Crippen molar-refractivity contribution in [3.8, 4) is 0 Å². The minimum absolute atomic E-state index is 0.319. The molecule has 0 amide bonds. The van der Waals surface area contributed by atoms with E-state index in [0.717, 1.165) is 26.2 Å². The molecule has 0 spiro atoms. The molecule has 0 aliphatic carbocycles. The van der Waals surface area contributed by atoms with Gasteiger partial charge in [0.2, 0.25) is 0 Å². The van der Waals surface area contributed by atoms with Gasteiger partial charge in [-0.1, -0.05) is 6.92 Å². The molecule has 0 radical (unpaired) electrons. The highest BCUT2D eigenvalue weighted by molar-refractivity contribution is 9.10. The summed E-state index contributed by atoms with van der Waals surface area (Å²) < 4.78 is 6.68. The summed E-state index contributed by atoms with van der Waals surface area (Å²) in [7, 11) is 0. The first-order valence-corrected chi connectivity index (χ1v) is 7.00. The molecule has 2 nitrogen and oxygen atoms in total. The van der Waals surface area contributed by atoms with Gasteiger partial charge in [-0.3, -0.25) is 0 Å². The number of ether oxygens (including phenoxy) is 1. The fourth-order valence-corrected chi connectivity index (χ4v) is 3.05. The molecule has 1 rings (SSSR count). The Morgan fingerprint density at radius 1 is 1.53 bits per heavy atom. The van der Waals surface area contributed by atoms with Crippen molar-refractivity contribution in [3.63, 3.8) is 0 Å². The second-order valence-corrected chi connectivity index (χ2v) is 5.10. The van der Waals surface area contributed by atoms with Crippen LogP contribution in [0.15, 0.2) is 15.9 Å². The second-order valence-electron chi connectivity index (χ2n) is 3.30. The number of halogens is 1. The van der Waals surface area contributed by atoms with Gasteiger partial charge in [0.15, 0.2) is 0 Å². The lowest BCUT2D eigenvalue weighted by atomic mass is 10.2. The third-order valence-corrected chi connectivity index (χ3v) is 4.08. The molecule has 0 bridgehead atoms. The Kier molecular flexibility index (Phi) is 6.48. The van der Waals surface area contributed by atoms with Crippen molar-refractivity contribution in [2.45, 2.75) is 26.3 Å². The van der Waals surface area contributed by atoms with E-state index in [1.165, 1.54) is 9.35 Å². The molecule has 15 heavy (non-hydrogen) atoms. The summed E-state index contributed by atoms with van der Waals surface area (Å²) in [6, 6.07) is 2.41. The van der Waals surface area contributed by atoms with Crippen molar-refractivity contribution in [3.05, 3.63) is 20.8 Å². The molecule has 1 aromatic heterocycles. The minimum Gasteiger partial charge on any atom is -0.380 e. The molecule has 0 fully saturated rings. The first kappa shape index (κ1) is 13.2. The largest absolute Gasteiger partial charge is 0.380 e. The molecule has 0 saturated carbocycles. The maximum Gasteiger partial charge on any atom is 0.0669 e. The Hall–Kier alpha value is 0.100. The van der Waals surface area contributed by atoms with Crippen molar-refractivity contribution in [1.29, 1.82) is 0 Å². The molecule has 4 heteroatoms. The van der Waals surface area contributed by atoms with Crippen LogP contribution in [0.4, 0.5) is 0 Å². The standard InChI is InChI=1S/C11H18BrNOS/c1-3-6-13-10(8-14-4-2)11-9(12)5-7-15-11/h5,7,10,13H,3-4,6,8H2,1-2H3. The number of hydrogen-bond acceptors (Lipinski definition) is 3. The quantitative estimate of drug-likeness (QED) is 0.829. The van der Waals surface area contributed by atoms with Crippen LogP contribution in [0.1, 0.15) is 31.2 Å². The minimum atomic E-state index is 0.319. The van der Waals surface area contributed by atoms with Crippen molar-refractivity contribution in [2.75, 3.05) is 19.8 Å². The monoisotopic (exact) mass is 291 g/mol. The Bertz CT molecular complexity index is 269. The summed E-state index contributed by atoms with van der Waals surface area (Å²) in [5.74, 6) is 0. The van der Waals surface area contributed by atoms with Crippen LogP contribution < -0.4 is 5.32 Å². The highest BCUT2D eigenvalue weighted by Crippen LogP contribution is 2.29. The molecule has 1 atom stereocenters. The maximum absolute atomic E-state index is 5.49. The van der Waals surface area contributed by atoms with Gasteiger partial charge in [0, 0.05) is 16.0 Å². The lowest BCUT2D eigenvalue weighted by molar-refractivity contribution is 0.124. The van der Waals surface area contributed by atoms with E-state index in [-0.39, 0.29) is 0 Å². The molecule has 0 aliphatic rings. The van der Waals surface area contributed by atoms with Gasteiger partial charge in [-0.05, 0) is 47.3 Å². The van der Waals surface area contributed by atoms with E-state index >= 15 is 0 Å². The first-order chi connectivity index (χ1) is 7.29. The fourth-order valence-electron chi connectivity index (χ4n) is 1.34. The van der Waals surface area contributed by atoms with Crippen LogP contribution in [0, 0.1) is 0 Å². The summed E-state index contributed by atoms with van der Waals surface area (Å²) >= 11 is 5.33. The molecule has 0 saturated heterocycles. The van der Waals surface area contributed by atoms with Gasteiger partial charge in [0.1, 0.15) is 0 Å². The van der Waals surface area contributed by atoms with Crippen molar-refractivity contribution in [1.82, 2.24) is 5.32 Å². The van der Waals surface area contributed by atoms with Crippen LogP contribution in [0.5, 0.6) is 0 Å². The predicted molar refractivity (Wildman–Crippen MR) is 69.5 cm³/mol. The lowest BCUT2D eigenvalue weighted by Gasteiger charge is -2.17. The molecule has 1 aromatic rings. The van der Waals surface area contributed by atoms with E-state index in [2.05, 4.69) is 39.6 Å². The summed E-state index contributed by atoms with van der Waals surface area (Å²) in [6.45, 7) is 6.75. The Morgan fingerprint density at radius 2 is 2.33 bits per heavy atom. The van der Waals surface area contributed by atoms with Crippen LogP contribution in [0.2, 0.25) is 0 Å². The van der Waals surface area contributed by atoms with Gasteiger partial charge in [-0.25, -0.2) is 0 Å². The van der Waals surface area contributed by atoms with Gasteiger partial charge in [0.05, 0.1) is 12.6 Å². The summed E-state index contributed by atoms with van der Waals surface area (Å²) in [5.41, 5.74) is 0. The van der Waals surface area contributed by atoms with Crippen LogP contribution in [0.3, 0.4) is 0 Å². The summed E-state index contributed by atoms with van der Waals surface area (Å²) in [4.78, 5) is 1.33. The molecule has 1 heterocycles. The van der Waals surface area contributed by atoms with E-state index in [9.17, 15) is 0 Å². The Balaban J connectivity index is 2.58. The van der Waals surface area contributed by atoms with Gasteiger partial charge in [-0.15, -0.1) is 11.3 Å². The van der Waals surface area contributed by atoms with Crippen LogP contribution in [0.25, 0.3) is 0 Å². The van der Waals surface area contributed by atoms with Crippen LogP contribution >= 0.6 is 27.3 Å². The molecule has 86 valence electrons. The predicted octanol–water partition coefficient (Wildman–Crippen LogP) is 3.59. The zero-order valence-corrected chi connectivity index (χ0v) is 11.7. The molecule has 0 aromatic carbocycles. The Morgan fingerprint density at radius 3 is 2.87 bits per heavy atom. The first-order valence-electron chi connectivity index (χ1n) is 5.33. The fraction of sp³-hybridized carbons (Fsp3) is 0.636. The zero-order valence-electron chi connectivity index (χ0n) is 9.25. The maximum atomic E-state index is 5.49. The van der Waals surface area contributed by atoms with E-state index in [1.54, 1.807) is 11.3 Å². The topological polar surface area (TPSA) is 21.3 Å². The van der Waals surface area contributed by atoms with E-state index in [4.69, 9.17) is 4.74 Å². The number of rotatable bonds is 7. The van der Waals surface area contributed by atoms with E-state index in [0.29, 0.717) is 6.04 Å². The van der Waals surface area contributed by atoms with E-state index in [1.807, 2.05) is 6.92 Å². The highest BCUT2D eigenvalue weighted by atomic mass is 79.9. The second kappa shape index (κ2) is 7.39. The lowest BCUT2D eigenvalue weighted by Crippen LogP contribution is -2.25.